The van der Waals surface area contributed by atoms with Crippen molar-refractivity contribution < 1.29 is 18.0 Å². The second kappa shape index (κ2) is 10.7. The maximum absolute atomic E-state index is 12.9. The van der Waals surface area contributed by atoms with Gasteiger partial charge in [-0.25, -0.2) is 9.78 Å². The number of urea groups is 1. The van der Waals surface area contributed by atoms with Crippen LogP contribution in [-0.2, 0) is 6.18 Å². The standard InChI is InChI=1S/C28H24F3N5OS/c29-28(30,31)20-6-3-7-22(15-20)35-27(37)34-21-10-8-18(9-11-21)23-17-38-25-19(16-33-26(32)24(23)25)5-4-14-36-12-1-2-13-36/h3,6-11,15-17H,1-2,12-14H2,(H2,32,33)(H2,34,35,37). The number of thiophene rings is 1. The molecule has 0 unspecified atom stereocenters. The van der Waals surface area contributed by atoms with Crippen LogP contribution >= 0.6 is 11.3 Å². The van der Waals surface area contributed by atoms with Crippen molar-refractivity contribution in [1.29, 1.82) is 0 Å². The van der Waals surface area contributed by atoms with Gasteiger partial charge in [-0.3, -0.25) is 4.90 Å². The number of alkyl halides is 3. The molecule has 1 aliphatic rings. The predicted molar refractivity (Wildman–Crippen MR) is 146 cm³/mol. The molecular weight excluding hydrogens is 511 g/mol. The molecule has 0 spiro atoms. The minimum atomic E-state index is -4.49. The number of nitrogens with zero attached hydrogens (tertiary/aromatic N) is 2. The average Bonchev–Trinajstić information content (AvgIpc) is 3.57. The van der Waals surface area contributed by atoms with Gasteiger partial charge in [0.15, 0.2) is 0 Å². The van der Waals surface area contributed by atoms with Gasteiger partial charge < -0.3 is 16.4 Å². The lowest BCUT2D eigenvalue weighted by atomic mass is 10.0. The Kier molecular flexibility index (Phi) is 7.22. The fourth-order valence-corrected chi connectivity index (χ4v) is 5.41. The van der Waals surface area contributed by atoms with Gasteiger partial charge >= 0.3 is 12.2 Å². The predicted octanol–water partition coefficient (Wildman–Crippen LogP) is 6.66. The van der Waals surface area contributed by atoms with Crippen LogP contribution in [0.2, 0.25) is 0 Å². The Balaban J connectivity index is 1.30. The van der Waals surface area contributed by atoms with E-state index in [2.05, 4.69) is 32.4 Å². The number of anilines is 3. The van der Waals surface area contributed by atoms with Crippen LogP contribution in [0.3, 0.4) is 0 Å². The highest BCUT2D eigenvalue weighted by atomic mass is 32.1. The number of nitrogens with one attached hydrogen (secondary N) is 2. The zero-order valence-corrected chi connectivity index (χ0v) is 21.0. The number of likely N-dealkylation sites (tertiary alicyclic amines) is 1. The first-order chi connectivity index (χ1) is 18.3. The molecular formula is C28H24F3N5OS. The minimum absolute atomic E-state index is 0.0426. The molecule has 1 saturated heterocycles. The van der Waals surface area contributed by atoms with Crippen molar-refractivity contribution in [3.63, 3.8) is 0 Å². The van der Waals surface area contributed by atoms with E-state index in [4.69, 9.17) is 5.73 Å². The fourth-order valence-electron chi connectivity index (χ4n) is 4.36. The number of pyridine rings is 1. The van der Waals surface area contributed by atoms with Crippen LogP contribution in [0.15, 0.2) is 60.1 Å². The lowest BCUT2D eigenvalue weighted by Gasteiger charge is -2.11. The van der Waals surface area contributed by atoms with Crippen LogP contribution in [0.1, 0.15) is 24.0 Å². The number of rotatable bonds is 4. The van der Waals surface area contributed by atoms with E-state index in [1.807, 2.05) is 17.5 Å². The van der Waals surface area contributed by atoms with E-state index in [0.29, 0.717) is 11.5 Å². The summed E-state index contributed by atoms with van der Waals surface area (Å²) in [5.74, 6) is 6.93. The first-order valence-electron chi connectivity index (χ1n) is 12.0. The van der Waals surface area contributed by atoms with Gasteiger partial charge in [0.25, 0.3) is 0 Å². The number of nitrogens with two attached hydrogens (primary N) is 1. The van der Waals surface area contributed by atoms with Crippen LogP contribution in [0.25, 0.3) is 21.2 Å². The molecule has 2 aromatic heterocycles. The van der Waals surface area contributed by atoms with Gasteiger partial charge in [-0.2, -0.15) is 13.2 Å². The minimum Gasteiger partial charge on any atom is -0.383 e. The van der Waals surface area contributed by atoms with Crippen molar-refractivity contribution >= 4 is 44.6 Å². The molecule has 10 heteroatoms. The van der Waals surface area contributed by atoms with Gasteiger partial charge in [0.1, 0.15) is 5.82 Å². The zero-order chi connectivity index (χ0) is 26.7. The quantitative estimate of drug-likeness (QED) is 0.255. The Bertz CT molecular complexity index is 1530. The molecule has 0 saturated carbocycles. The maximum atomic E-state index is 12.9. The van der Waals surface area contributed by atoms with Crippen molar-refractivity contribution in [3.8, 4) is 23.0 Å². The molecule has 4 aromatic rings. The molecule has 2 aromatic carbocycles. The summed E-state index contributed by atoms with van der Waals surface area (Å²) >= 11 is 1.56. The molecule has 0 bridgehead atoms. The number of carbonyl (C=O) groups is 1. The molecule has 0 atom stereocenters. The smallest absolute Gasteiger partial charge is 0.383 e. The first-order valence-corrected chi connectivity index (χ1v) is 12.9. The number of halogens is 3. The van der Waals surface area contributed by atoms with Crippen molar-refractivity contribution in [1.82, 2.24) is 9.88 Å². The number of fused-ring (bicyclic) bond motifs is 1. The summed E-state index contributed by atoms with van der Waals surface area (Å²) in [6.45, 7) is 2.91. The Morgan fingerprint density at radius 2 is 1.82 bits per heavy atom. The second-order valence-electron chi connectivity index (χ2n) is 8.93. The molecule has 1 aliphatic heterocycles. The Morgan fingerprint density at radius 3 is 2.55 bits per heavy atom. The summed E-state index contributed by atoms with van der Waals surface area (Å²) in [4.78, 5) is 19.0. The van der Waals surface area contributed by atoms with E-state index < -0.39 is 17.8 Å². The molecule has 2 amide bonds. The molecule has 5 rings (SSSR count). The Labute approximate surface area is 221 Å². The van der Waals surface area contributed by atoms with E-state index >= 15 is 0 Å². The zero-order valence-electron chi connectivity index (χ0n) is 20.2. The van der Waals surface area contributed by atoms with Gasteiger partial charge in [-0.15, -0.1) is 11.3 Å². The molecule has 38 heavy (non-hydrogen) atoms. The summed E-state index contributed by atoms with van der Waals surface area (Å²) in [5.41, 5.74) is 8.58. The Hall–Kier alpha value is -4.07. The van der Waals surface area contributed by atoms with E-state index in [0.717, 1.165) is 58.5 Å². The highest BCUT2D eigenvalue weighted by Crippen LogP contribution is 2.38. The molecule has 6 nitrogen and oxygen atoms in total. The van der Waals surface area contributed by atoms with E-state index in [1.54, 1.807) is 29.7 Å². The molecule has 1 fully saturated rings. The number of benzene rings is 2. The van der Waals surface area contributed by atoms with Crippen molar-refractivity contribution in [3.05, 3.63) is 71.2 Å². The summed E-state index contributed by atoms with van der Waals surface area (Å²) in [6.07, 6.45) is -0.336. The van der Waals surface area contributed by atoms with E-state index in [1.165, 1.54) is 25.0 Å². The highest BCUT2D eigenvalue weighted by Gasteiger charge is 2.30. The van der Waals surface area contributed by atoms with Gasteiger partial charge in [-0.1, -0.05) is 30.0 Å². The third-order valence-electron chi connectivity index (χ3n) is 6.25. The molecule has 0 radical (unpaired) electrons. The summed E-state index contributed by atoms with van der Waals surface area (Å²) in [6, 6.07) is 10.9. The van der Waals surface area contributed by atoms with Crippen LogP contribution in [-0.4, -0.2) is 35.5 Å². The van der Waals surface area contributed by atoms with Crippen molar-refractivity contribution in [2.45, 2.75) is 19.0 Å². The van der Waals surface area contributed by atoms with Crippen LogP contribution < -0.4 is 16.4 Å². The highest BCUT2D eigenvalue weighted by molar-refractivity contribution is 7.18. The summed E-state index contributed by atoms with van der Waals surface area (Å²) < 4.78 is 39.7. The number of aromatic nitrogens is 1. The average molecular weight is 536 g/mol. The van der Waals surface area contributed by atoms with E-state index in [-0.39, 0.29) is 5.69 Å². The van der Waals surface area contributed by atoms with Gasteiger partial charge in [-0.05, 0) is 67.2 Å². The monoisotopic (exact) mass is 535 g/mol. The summed E-state index contributed by atoms with van der Waals surface area (Å²) in [5, 5.41) is 7.92. The maximum Gasteiger partial charge on any atom is 0.416 e. The number of amides is 2. The third-order valence-corrected chi connectivity index (χ3v) is 7.26. The van der Waals surface area contributed by atoms with Crippen molar-refractivity contribution in [2.75, 3.05) is 36.0 Å². The molecule has 3 heterocycles. The van der Waals surface area contributed by atoms with Gasteiger partial charge in [0.05, 0.1) is 22.4 Å². The number of hydrogen-bond donors (Lipinski definition) is 3. The SMILES string of the molecule is Nc1ncc(C#CCN2CCCC2)c2scc(-c3ccc(NC(=O)Nc4cccc(C(F)(F)F)c4)cc3)c12. The van der Waals surface area contributed by atoms with E-state index in [9.17, 15) is 18.0 Å². The van der Waals surface area contributed by atoms with Crippen molar-refractivity contribution in [2.24, 2.45) is 0 Å². The fraction of sp³-hybridized carbons (Fsp3) is 0.214. The molecule has 0 aliphatic carbocycles. The largest absolute Gasteiger partial charge is 0.416 e. The first kappa shape index (κ1) is 25.6. The number of hydrogen-bond acceptors (Lipinski definition) is 5. The number of nitrogen functional groups attached to an aromatic ring is 1. The normalized spacial score (nSPS) is 13.8. The third kappa shape index (κ3) is 5.74. The molecule has 4 N–H and O–H groups in total. The van der Waals surface area contributed by atoms with Crippen LogP contribution in [0.5, 0.6) is 0 Å². The van der Waals surface area contributed by atoms with Gasteiger partial charge in [0.2, 0.25) is 0 Å². The lowest BCUT2D eigenvalue weighted by molar-refractivity contribution is -0.137. The molecule has 194 valence electrons. The van der Waals surface area contributed by atoms with Gasteiger partial charge in [0, 0.05) is 28.5 Å². The topological polar surface area (TPSA) is 83.3 Å². The van der Waals surface area contributed by atoms with Crippen LogP contribution in [0.4, 0.5) is 35.2 Å². The Morgan fingerprint density at radius 1 is 1.08 bits per heavy atom. The second-order valence-corrected chi connectivity index (χ2v) is 9.81. The number of carbonyl (C=O) groups excluding carboxylic acids is 1. The summed E-state index contributed by atoms with van der Waals surface area (Å²) in [7, 11) is 0. The van der Waals surface area contributed by atoms with Crippen LogP contribution in [0, 0.1) is 11.8 Å². The lowest BCUT2D eigenvalue weighted by Crippen LogP contribution is -2.19.